The largest absolute Gasteiger partial charge is 0.397 e. The van der Waals surface area contributed by atoms with Crippen LogP contribution in [0.15, 0.2) is 30.7 Å². The molecule has 3 N–H and O–H groups in total. The molecule has 2 aromatic heterocycles. The second-order valence-electron chi connectivity index (χ2n) is 3.70. The van der Waals surface area contributed by atoms with E-state index < -0.39 is 0 Å². The molecule has 0 aliphatic heterocycles. The zero-order chi connectivity index (χ0) is 11.5. The van der Waals surface area contributed by atoms with Gasteiger partial charge in [-0.2, -0.15) is 0 Å². The molecule has 0 amide bonds. The van der Waals surface area contributed by atoms with Crippen LogP contribution in [0.3, 0.4) is 0 Å². The van der Waals surface area contributed by atoms with Crippen LogP contribution >= 0.6 is 0 Å². The molecule has 2 rings (SSSR count). The minimum atomic E-state index is -0.0464. The average Bonchev–Trinajstić information content (AvgIpc) is 2.62. The molecule has 4 heteroatoms. The first-order valence-corrected chi connectivity index (χ1v) is 5.04. The van der Waals surface area contributed by atoms with Gasteiger partial charge in [0.15, 0.2) is 5.78 Å². The molecule has 2 heterocycles. The molecule has 0 fully saturated rings. The lowest BCUT2D eigenvalue weighted by atomic mass is 10.1. The number of nitrogens with one attached hydrogen (secondary N) is 1. The van der Waals surface area contributed by atoms with E-state index in [0.717, 1.165) is 11.1 Å². The number of hydrogen-bond donors (Lipinski definition) is 2. The number of hydrogen-bond acceptors (Lipinski definition) is 3. The van der Waals surface area contributed by atoms with Crippen LogP contribution in [0.5, 0.6) is 0 Å². The highest BCUT2D eigenvalue weighted by Gasteiger charge is 2.11. The highest BCUT2D eigenvalue weighted by molar-refractivity contribution is 5.98. The van der Waals surface area contributed by atoms with Crippen LogP contribution < -0.4 is 5.73 Å². The van der Waals surface area contributed by atoms with Gasteiger partial charge in [0, 0.05) is 31.9 Å². The summed E-state index contributed by atoms with van der Waals surface area (Å²) in [6.07, 6.45) is 5.98. The number of H-pyrrole nitrogens is 1. The first kappa shape index (κ1) is 10.4. The molecule has 0 saturated carbocycles. The van der Waals surface area contributed by atoms with Crippen molar-refractivity contribution in [1.82, 2.24) is 9.97 Å². The van der Waals surface area contributed by atoms with Gasteiger partial charge in [0.2, 0.25) is 0 Å². The van der Waals surface area contributed by atoms with Gasteiger partial charge in [-0.1, -0.05) is 6.07 Å². The average molecular weight is 215 g/mol. The number of anilines is 1. The summed E-state index contributed by atoms with van der Waals surface area (Å²) in [5.41, 5.74) is 8.90. The summed E-state index contributed by atoms with van der Waals surface area (Å²) in [5, 5.41) is 0. The molecule has 82 valence electrons. The summed E-state index contributed by atoms with van der Waals surface area (Å²) >= 11 is 0. The Labute approximate surface area is 93.5 Å². The summed E-state index contributed by atoms with van der Waals surface area (Å²) in [4.78, 5) is 18.1. The van der Waals surface area contributed by atoms with Gasteiger partial charge in [0.05, 0.1) is 5.69 Å². The Kier molecular flexibility index (Phi) is 2.72. The number of aromatic amines is 1. The molecule has 2 aromatic rings. The minimum Gasteiger partial charge on any atom is -0.397 e. The molecule has 0 spiro atoms. The Morgan fingerprint density at radius 1 is 1.56 bits per heavy atom. The van der Waals surface area contributed by atoms with E-state index in [1.54, 1.807) is 18.6 Å². The molecule has 4 nitrogen and oxygen atoms in total. The molecule has 0 saturated heterocycles. The third-order valence-corrected chi connectivity index (χ3v) is 2.48. The van der Waals surface area contributed by atoms with E-state index in [1.165, 1.54) is 6.92 Å². The maximum Gasteiger partial charge on any atom is 0.178 e. The molecule has 0 aliphatic rings. The highest BCUT2D eigenvalue weighted by Crippen LogP contribution is 2.20. The van der Waals surface area contributed by atoms with Crippen molar-refractivity contribution in [1.29, 1.82) is 0 Å². The Bertz CT molecular complexity index is 502. The van der Waals surface area contributed by atoms with E-state index in [9.17, 15) is 4.79 Å². The first-order valence-electron chi connectivity index (χ1n) is 5.04. The maximum atomic E-state index is 11.2. The van der Waals surface area contributed by atoms with Crippen molar-refractivity contribution in [3.8, 4) is 0 Å². The van der Waals surface area contributed by atoms with Crippen LogP contribution in [0.4, 0.5) is 5.69 Å². The Hall–Kier alpha value is -2.10. The summed E-state index contributed by atoms with van der Waals surface area (Å²) < 4.78 is 0. The number of rotatable bonds is 3. The van der Waals surface area contributed by atoms with E-state index in [2.05, 4.69) is 9.97 Å². The second kappa shape index (κ2) is 4.18. The second-order valence-corrected chi connectivity index (χ2v) is 3.70. The van der Waals surface area contributed by atoms with E-state index >= 15 is 0 Å². The molecular formula is C12H13N3O. The molecule has 0 aromatic carbocycles. The molecular weight excluding hydrogens is 202 g/mol. The molecule has 0 atom stereocenters. The topological polar surface area (TPSA) is 71.8 Å². The number of nitrogens with zero attached hydrogens (tertiary/aromatic N) is 1. The quantitative estimate of drug-likeness (QED) is 0.766. The van der Waals surface area contributed by atoms with Gasteiger partial charge in [-0.3, -0.25) is 9.78 Å². The third-order valence-electron chi connectivity index (χ3n) is 2.48. The summed E-state index contributed by atoms with van der Waals surface area (Å²) in [6.45, 7) is 1.50. The van der Waals surface area contributed by atoms with Crippen LogP contribution in [0, 0.1) is 0 Å². The van der Waals surface area contributed by atoms with Crippen molar-refractivity contribution in [3.63, 3.8) is 0 Å². The van der Waals surface area contributed by atoms with Gasteiger partial charge in [-0.25, -0.2) is 0 Å². The Morgan fingerprint density at radius 3 is 2.94 bits per heavy atom. The predicted molar refractivity (Wildman–Crippen MR) is 62.3 cm³/mol. The lowest BCUT2D eigenvalue weighted by Gasteiger charge is -2.00. The Balaban J connectivity index is 2.26. The van der Waals surface area contributed by atoms with E-state index in [4.69, 9.17) is 5.73 Å². The lowest BCUT2D eigenvalue weighted by molar-refractivity contribution is 0.101. The number of pyridine rings is 1. The van der Waals surface area contributed by atoms with Crippen LogP contribution in [0.2, 0.25) is 0 Å². The molecule has 0 aliphatic carbocycles. The standard InChI is InChI=1S/C12H13N3O/c1-8(16)12-11(13)10(7-15-12)5-9-3-2-4-14-6-9/h2-4,6-7,15H,5,13H2,1H3. The van der Waals surface area contributed by atoms with Gasteiger partial charge in [-0.15, -0.1) is 0 Å². The van der Waals surface area contributed by atoms with Crippen molar-refractivity contribution in [2.45, 2.75) is 13.3 Å². The fourth-order valence-electron chi connectivity index (χ4n) is 1.64. The monoisotopic (exact) mass is 215 g/mol. The van der Waals surface area contributed by atoms with E-state index in [-0.39, 0.29) is 5.78 Å². The number of nitrogens with two attached hydrogens (primary N) is 1. The lowest BCUT2D eigenvalue weighted by Crippen LogP contribution is -1.99. The van der Waals surface area contributed by atoms with Crippen molar-refractivity contribution in [2.24, 2.45) is 0 Å². The number of ketones is 1. The SMILES string of the molecule is CC(=O)c1[nH]cc(Cc2cccnc2)c1N. The smallest absolute Gasteiger partial charge is 0.178 e. The van der Waals surface area contributed by atoms with Crippen LogP contribution in [-0.2, 0) is 6.42 Å². The summed E-state index contributed by atoms with van der Waals surface area (Å²) in [6, 6.07) is 3.86. The highest BCUT2D eigenvalue weighted by atomic mass is 16.1. The fourth-order valence-corrected chi connectivity index (χ4v) is 1.64. The van der Waals surface area contributed by atoms with Gasteiger partial charge in [0.1, 0.15) is 5.69 Å². The Morgan fingerprint density at radius 2 is 2.38 bits per heavy atom. The van der Waals surface area contributed by atoms with Gasteiger partial charge >= 0.3 is 0 Å². The molecule has 0 radical (unpaired) electrons. The number of Topliss-reactive ketones (excluding diaryl/α,β-unsaturated/α-hetero) is 1. The molecule has 0 unspecified atom stereocenters. The van der Waals surface area contributed by atoms with E-state index in [1.807, 2.05) is 12.1 Å². The van der Waals surface area contributed by atoms with Gasteiger partial charge in [0.25, 0.3) is 0 Å². The molecule has 0 bridgehead atoms. The van der Waals surface area contributed by atoms with Crippen molar-refractivity contribution < 1.29 is 4.79 Å². The minimum absolute atomic E-state index is 0.0464. The van der Waals surface area contributed by atoms with Crippen LogP contribution in [0.1, 0.15) is 28.5 Å². The summed E-state index contributed by atoms with van der Waals surface area (Å²) in [5.74, 6) is -0.0464. The van der Waals surface area contributed by atoms with Crippen LogP contribution in [0.25, 0.3) is 0 Å². The van der Waals surface area contributed by atoms with E-state index in [0.29, 0.717) is 17.8 Å². The fraction of sp³-hybridized carbons (Fsp3) is 0.167. The first-order chi connectivity index (χ1) is 7.68. The van der Waals surface area contributed by atoms with Crippen LogP contribution in [-0.4, -0.2) is 15.8 Å². The maximum absolute atomic E-state index is 11.2. The number of nitrogen functional groups attached to an aromatic ring is 1. The molecule has 16 heavy (non-hydrogen) atoms. The number of carbonyl (C=O) groups excluding carboxylic acids is 1. The zero-order valence-corrected chi connectivity index (χ0v) is 9.03. The van der Waals surface area contributed by atoms with Crippen molar-refractivity contribution in [2.75, 3.05) is 5.73 Å². The van der Waals surface area contributed by atoms with Gasteiger partial charge in [-0.05, 0) is 17.2 Å². The van der Waals surface area contributed by atoms with Crippen molar-refractivity contribution >= 4 is 11.5 Å². The summed E-state index contributed by atoms with van der Waals surface area (Å²) in [7, 11) is 0. The normalized spacial score (nSPS) is 10.3. The van der Waals surface area contributed by atoms with Crippen molar-refractivity contribution in [3.05, 3.63) is 47.5 Å². The zero-order valence-electron chi connectivity index (χ0n) is 9.03. The third kappa shape index (κ3) is 1.95. The number of aromatic nitrogens is 2. The predicted octanol–water partition coefficient (Wildman–Crippen LogP) is 1.79. The number of carbonyl (C=O) groups is 1. The van der Waals surface area contributed by atoms with Gasteiger partial charge < -0.3 is 10.7 Å².